The molecule has 1 fully saturated rings. The van der Waals surface area contributed by atoms with Crippen LogP contribution in [-0.4, -0.2) is 74.2 Å². The van der Waals surface area contributed by atoms with E-state index in [4.69, 9.17) is 15.2 Å². The molecule has 0 saturated carbocycles. The Balaban J connectivity index is 1.80. The fourth-order valence-electron chi connectivity index (χ4n) is 3.50. The summed E-state index contributed by atoms with van der Waals surface area (Å²) in [6.45, 7) is 5.18. The maximum atomic E-state index is 13.3. The molecular weight excluding hydrogens is 406 g/mol. The molecule has 2 aromatic rings. The molecule has 2 amide bonds. The monoisotopic (exact) mass is 433 g/mol. The minimum atomic E-state index is -0.643. The molecule has 3 N–H and O–H groups in total. The number of carbonyl (C=O) groups excluding carboxylic acids is 3. The minimum absolute atomic E-state index is 0.143. The van der Waals surface area contributed by atoms with Gasteiger partial charge in [-0.3, -0.25) is 9.59 Å². The number of rotatable bonds is 5. The summed E-state index contributed by atoms with van der Waals surface area (Å²) in [6, 6.07) is -1.02. The summed E-state index contributed by atoms with van der Waals surface area (Å²) in [6.07, 6.45) is 3.21. The predicted molar refractivity (Wildman–Crippen MR) is 110 cm³/mol. The van der Waals surface area contributed by atoms with Crippen LogP contribution in [0.2, 0.25) is 0 Å². The maximum Gasteiger partial charge on any atom is 0.407 e. The van der Waals surface area contributed by atoms with Crippen molar-refractivity contribution >= 4 is 35.0 Å². The number of nitrogens with zero attached hydrogens (tertiary/aromatic N) is 5. The van der Waals surface area contributed by atoms with Gasteiger partial charge in [0.1, 0.15) is 30.0 Å². The van der Waals surface area contributed by atoms with Crippen molar-refractivity contribution in [2.24, 2.45) is 0 Å². The molecule has 0 unspecified atom stereocenters. The van der Waals surface area contributed by atoms with Crippen molar-refractivity contribution in [2.45, 2.75) is 51.3 Å². The van der Waals surface area contributed by atoms with Gasteiger partial charge < -0.3 is 30.0 Å². The molecule has 31 heavy (non-hydrogen) atoms. The molecule has 1 aliphatic rings. The van der Waals surface area contributed by atoms with Crippen LogP contribution in [0.15, 0.2) is 12.7 Å². The first kappa shape index (κ1) is 22.2. The van der Waals surface area contributed by atoms with Gasteiger partial charge in [-0.1, -0.05) is 0 Å². The number of amides is 2. The van der Waals surface area contributed by atoms with Crippen molar-refractivity contribution in [3.8, 4) is 0 Å². The molecular formula is C19H27N7O5. The van der Waals surface area contributed by atoms with E-state index in [0.717, 1.165) is 0 Å². The van der Waals surface area contributed by atoms with Crippen LogP contribution in [0.3, 0.4) is 0 Å². The number of nitrogen functional groups attached to an aromatic ring is 1. The molecule has 3 rings (SSSR count). The summed E-state index contributed by atoms with van der Waals surface area (Å²) in [5.74, 6) is -0.639. The van der Waals surface area contributed by atoms with Crippen LogP contribution in [0.5, 0.6) is 0 Å². The lowest BCUT2D eigenvalue weighted by molar-refractivity contribution is -0.152. The normalized spacial score (nSPS) is 19.4. The summed E-state index contributed by atoms with van der Waals surface area (Å²) >= 11 is 0. The lowest BCUT2D eigenvalue weighted by atomic mass is 9.97. The van der Waals surface area contributed by atoms with Gasteiger partial charge >= 0.3 is 12.1 Å². The Bertz CT molecular complexity index is 984. The standard InChI is InChI=1S/C19H27N7O5/c1-19(2,3)31-18(29)21-7-11-5-6-12(17(28)25(11)8-13(27)30-4)26-10-24-14-15(20)22-9-23-16(14)26/h9-12H,5-8H2,1-4H3,(H,21,29)(H2,20,22,23)/t11-,12+/m1/s1. The molecule has 0 spiro atoms. The molecule has 1 aliphatic heterocycles. The highest BCUT2D eigenvalue weighted by Gasteiger charge is 2.38. The molecule has 12 heteroatoms. The Hall–Kier alpha value is -3.44. The number of fused-ring (bicyclic) bond motifs is 1. The second-order valence-corrected chi connectivity index (χ2v) is 8.25. The number of likely N-dealkylation sites (tertiary alicyclic amines) is 1. The molecule has 0 aromatic carbocycles. The first-order chi connectivity index (χ1) is 14.6. The van der Waals surface area contributed by atoms with E-state index in [9.17, 15) is 14.4 Å². The molecule has 3 heterocycles. The van der Waals surface area contributed by atoms with Crippen molar-refractivity contribution in [3.63, 3.8) is 0 Å². The number of methoxy groups -OCH3 is 1. The van der Waals surface area contributed by atoms with E-state index in [1.165, 1.54) is 24.7 Å². The number of aromatic nitrogens is 4. The van der Waals surface area contributed by atoms with Crippen LogP contribution in [0.4, 0.5) is 10.6 Å². The number of hydrogen-bond donors (Lipinski definition) is 2. The van der Waals surface area contributed by atoms with E-state index in [-0.39, 0.29) is 24.8 Å². The molecule has 0 bridgehead atoms. The first-order valence-electron chi connectivity index (χ1n) is 9.88. The van der Waals surface area contributed by atoms with Gasteiger partial charge in [0.05, 0.1) is 13.4 Å². The van der Waals surface area contributed by atoms with Crippen molar-refractivity contribution in [1.82, 2.24) is 29.7 Å². The van der Waals surface area contributed by atoms with Crippen LogP contribution in [-0.2, 0) is 19.1 Å². The third-order valence-electron chi connectivity index (χ3n) is 4.91. The Morgan fingerprint density at radius 2 is 2.00 bits per heavy atom. The van der Waals surface area contributed by atoms with Crippen LogP contribution >= 0.6 is 0 Å². The van der Waals surface area contributed by atoms with E-state index in [1.807, 2.05) is 0 Å². The zero-order valence-corrected chi connectivity index (χ0v) is 18.0. The Labute approximate surface area is 179 Å². The number of hydrogen-bond acceptors (Lipinski definition) is 9. The van der Waals surface area contributed by atoms with Crippen molar-refractivity contribution in [2.75, 3.05) is 25.9 Å². The lowest BCUT2D eigenvalue weighted by Crippen LogP contribution is -2.54. The number of nitrogens with one attached hydrogen (secondary N) is 1. The molecule has 12 nitrogen and oxygen atoms in total. The Morgan fingerprint density at radius 1 is 1.26 bits per heavy atom. The van der Waals surface area contributed by atoms with Gasteiger partial charge in [0, 0.05) is 12.6 Å². The Kier molecular flexibility index (Phi) is 6.27. The van der Waals surface area contributed by atoms with Gasteiger partial charge in [-0.15, -0.1) is 0 Å². The third kappa shape index (κ3) is 5.01. The van der Waals surface area contributed by atoms with E-state index in [2.05, 4.69) is 20.3 Å². The van der Waals surface area contributed by atoms with E-state index in [0.29, 0.717) is 24.0 Å². The lowest BCUT2D eigenvalue weighted by Gasteiger charge is -2.39. The number of carbonyl (C=O) groups is 3. The van der Waals surface area contributed by atoms with Crippen molar-refractivity contribution < 1.29 is 23.9 Å². The SMILES string of the molecule is COC(=O)CN1C(=O)[C@@H](n2cnc3c(N)ncnc32)CC[C@@H]1CNC(=O)OC(C)(C)C. The van der Waals surface area contributed by atoms with Gasteiger partial charge in [0.25, 0.3) is 0 Å². The van der Waals surface area contributed by atoms with Gasteiger partial charge in [0.2, 0.25) is 5.91 Å². The summed E-state index contributed by atoms with van der Waals surface area (Å²) < 4.78 is 11.6. The van der Waals surface area contributed by atoms with Gasteiger partial charge in [0.15, 0.2) is 11.5 Å². The maximum absolute atomic E-state index is 13.3. The van der Waals surface area contributed by atoms with E-state index in [1.54, 1.807) is 25.3 Å². The average Bonchev–Trinajstić information content (AvgIpc) is 3.12. The van der Waals surface area contributed by atoms with Crippen LogP contribution in [0.1, 0.15) is 39.7 Å². The third-order valence-corrected chi connectivity index (χ3v) is 4.91. The number of nitrogens with two attached hydrogens (primary N) is 1. The van der Waals surface area contributed by atoms with Gasteiger partial charge in [-0.05, 0) is 33.6 Å². The predicted octanol–water partition coefficient (Wildman–Crippen LogP) is 0.638. The second kappa shape index (κ2) is 8.74. The first-order valence-corrected chi connectivity index (χ1v) is 9.88. The summed E-state index contributed by atoms with van der Waals surface area (Å²) in [5.41, 5.74) is 6.04. The number of alkyl carbamates (subject to hydrolysis) is 1. The van der Waals surface area contributed by atoms with Crippen molar-refractivity contribution in [3.05, 3.63) is 12.7 Å². The zero-order chi connectivity index (χ0) is 22.8. The average molecular weight is 433 g/mol. The van der Waals surface area contributed by atoms with E-state index < -0.39 is 29.7 Å². The molecule has 2 aromatic heterocycles. The molecule has 1 saturated heterocycles. The fraction of sp³-hybridized carbons (Fsp3) is 0.579. The van der Waals surface area contributed by atoms with Crippen LogP contribution in [0.25, 0.3) is 11.2 Å². The summed E-state index contributed by atoms with van der Waals surface area (Å²) in [4.78, 5) is 51.1. The summed E-state index contributed by atoms with van der Waals surface area (Å²) in [7, 11) is 1.26. The van der Waals surface area contributed by atoms with Gasteiger partial charge in [-0.2, -0.15) is 0 Å². The summed E-state index contributed by atoms with van der Waals surface area (Å²) in [5, 5.41) is 2.67. The minimum Gasteiger partial charge on any atom is -0.468 e. The number of ether oxygens (including phenoxy) is 2. The molecule has 2 atom stereocenters. The number of piperidine rings is 1. The highest BCUT2D eigenvalue weighted by Crippen LogP contribution is 2.30. The largest absolute Gasteiger partial charge is 0.468 e. The smallest absolute Gasteiger partial charge is 0.407 e. The number of anilines is 1. The topological polar surface area (TPSA) is 155 Å². The van der Waals surface area contributed by atoms with E-state index >= 15 is 0 Å². The van der Waals surface area contributed by atoms with Crippen LogP contribution < -0.4 is 11.1 Å². The Morgan fingerprint density at radius 3 is 2.68 bits per heavy atom. The zero-order valence-electron chi connectivity index (χ0n) is 18.0. The van der Waals surface area contributed by atoms with Gasteiger partial charge in [-0.25, -0.2) is 19.7 Å². The molecule has 0 aliphatic carbocycles. The van der Waals surface area contributed by atoms with Crippen LogP contribution in [0, 0.1) is 0 Å². The molecule has 168 valence electrons. The number of imidazole rings is 1. The highest BCUT2D eigenvalue weighted by molar-refractivity contribution is 5.88. The number of esters is 1. The quantitative estimate of drug-likeness (QED) is 0.646. The van der Waals surface area contributed by atoms with Crippen molar-refractivity contribution in [1.29, 1.82) is 0 Å². The second-order valence-electron chi connectivity index (χ2n) is 8.25. The molecule has 0 radical (unpaired) electrons. The fourth-order valence-corrected chi connectivity index (χ4v) is 3.50. The highest BCUT2D eigenvalue weighted by atomic mass is 16.6.